The number of β-amino-alcohol motifs (C(OH)–C–C–N with tert-alkyl or cyclic N) is 1. The third kappa shape index (κ3) is 8.56. The summed E-state index contributed by atoms with van der Waals surface area (Å²) < 4.78 is 110. The third-order valence-electron chi connectivity index (χ3n) is 9.46. The number of sulfone groups is 1. The first-order valence-electron chi connectivity index (χ1n) is 17.3. The summed E-state index contributed by atoms with van der Waals surface area (Å²) in [6.07, 6.45) is -6.83. The molecule has 2 aliphatic heterocycles. The molecule has 11 nitrogen and oxygen atoms in total. The number of benzene rings is 3. The molecular weight excluding hydrogens is 732 g/mol. The molecule has 4 aromatic rings. The van der Waals surface area contributed by atoms with Crippen molar-refractivity contribution in [2.45, 2.75) is 63.0 Å². The Kier molecular flexibility index (Phi) is 11.4. The molecule has 2 aliphatic rings. The van der Waals surface area contributed by atoms with Crippen LogP contribution >= 0.6 is 0 Å². The van der Waals surface area contributed by atoms with Gasteiger partial charge in [0.15, 0.2) is 5.82 Å². The van der Waals surface area contributed by atoms with Gasteiger partial charge in [-0.3, -0.25) is 0 Å². The third-order valence-corrected chi connectivity index (χ3v) is 11.0. The molecule has 3 heterocycles. The number of rotatable bonds is 11. The molecule has 6 rings (SSSR count). The zero-order valence-corrected chi connectivity index (χ0v) is 31.1. The Morgan fingerprint density at radius 1 is 0.981 bits per heavy atom. The monoisotopic (exact) mass is 774 g/mol. The van der Waals surface area contributed by atoms with E-state index in [0.29, 0.717) is 17.1 Å². The van der Waals surface area contributed by atoms with Crippen molar-refractivity contribution in [3.05, 3.63) is 100.0 Å². The summed E-state index contributed by atoms with van der Waals surface area (Å²) in [5.74, 6) is -0.0911. The molecule has 0 amide bonds. The van der Waals surface area contributed by atoms with E-state index in [1.54, 1.807) is 65.3 Å². The van der Waals surface area contributed by atoms with Crippen LogP contribution in [0.25, 0.3) is 0 Å². The summed E-state index contributed by atoms with van der Waals surface area (Å²) in [6.45, 7) is 3.40. The van der Waals surface area contributed by atoms with Crippen LogP contribution < -0.4 is 19.3 Å². The summed E-state index contributed by atoms with van der Waals surface area (Å²) in [6, 6.07) is 16.1. The number of alkyl halides is 3. The van der Waals surface area contributed by atoms with E-state index in [0.717, 1.165) is 23.3 Å². The molecule has 16 heteroatoms. The number of ether oxygens (including phenoxy) is 4. The first-order chi connectivity index (χ1) is 25.6. The van der Waals surface area contributed by atoms with Crippen molar-refractivity contribution in [3.8, 4) is 11.5 Å². The van der Waals surface area contributed by atoms with E-state index in [-0.39, 0.29) is 75.4 Å². The van der Waals surface area contributed by atoms with Gasteiger partial charge in [-0.2, -0.15) is 13.2 Å². The van der Waals surface area contributed by atoms with Crippen LogP contribution in [0.3, 0.4) is 0 Å². The smallest absolute Gasteiger partial charge is 0.416 e. The highest BCUT2D eigenvalue weighted by molar-refractivity contribution is 7.91. The molecule has 290 valence electrons. The second-order valence-electron chi connectivity index (χ2n) is 13.5. The topological polar surface area (TPSA) is 124 Å². The summed E-state index contributed by atoms with van der Waals surface area (Å²) in [5.41, 5.74) is -1.40. The van der Waals surface area contributed by atoms with Gasteiger partial charge in [0, 0.05) is 37.2 Å². The van der Waals surface area contributed by atoms with E-state index in [4.69, 9.17) is 18.9 Å². The van der Waals surface area contributed by atoms with Gasteiger partial charge in [-0.15, -0.1) is 0 Å². The number of anilines is 2. The van der Waals surface area contributed by atoms with Crippen molar-refractivity contribution in [1.29, 1.82) is 0 Å². The number of fused-ring (bicyclic) bond motifs is 1. The SMILES string of the molecule is CCS(=O)(=O)c1nc2c(c(N3CCOCC(C)(O)C3)n1)COC(c1c(C(F)(F)F)ccc(N(Cc3ccc(OC)cc3)Cc3ccc(OC)cc3)c1F)C2. The van der Waals surface area contributed by atoms with Gasteiger partial charge in [-0.25, -0.2) is 22.8 Å². The Morgan fingerprint density at radius 3 is 2.15 bits per heavy atom. The van der Waals surface area contributed by atoms with Gasteiger partial charge in [-0.05, 0) is 54.4 Å². The van der Waals surface area contributed by atoms with Crippen LogP contribution in [0.4, 0.5) is 29.1 Å². The van der Waals surface area contributed by atoms with Gasteiger partial charge in [0.1, 0.15) is 22.9 Å². The van der Waals surface area contributed by atoms with Crippen molar-refractivity contribution in [1.82, 2.24) is 9.97 Å². The van der Waals surface area contributed by atoms with E-state index in [1.165, 1.54) is 21.1 Å². The van der Waals surface area contributed by atoms with E-state index in [1.807, 2.05) is 0 Å². The zero-order valence-electron chi connectivity index (χ0n) is 30.3. The normalized spacial score (nSPS) is 19.2. The molecule has 0 spiro atoms. The van der Waals surface area contributed by atoms with Crippen LogP contribution in [0.15, 0.2) is 65.8 Å². The minimum Gasteiger partial charge on any atom is -0.497 e. The van der Waals surface area contributed by atoms with Crippen LogP contribution in [0.5, 0.6) is 11.5 Å². The minimum absolute atomic E-state index is 0.0264. The van der Waals surface area contributed by atoms with Gasteiger partial charge in [0.25, 0.3) is 0 Å². The average molecular weight is 775 g/mol. The van der Waals surface area contributed by atoms with Crippen molar-refractivity contribution >= 4 is 21.3 Å². The van der Waals surface area contributed by atoms with Crippen molar-refractivity contribution < 1.29 is 50.0 Å². The maximum atomic E-state index is 17.1. The van der Waals surface area contributed by atoms with E-state index in [2.05, 4.69) is 9.97 Å². The summed E-state index contributed by atoms with van der Waals surface area (Å²) in [5, 5.41) is 10.4. The van der Waals surface area contributed by atoms with E-state index >= 15 is 4.39 Å². The molecule has 1 N–H and O–H groups in total. The van der Waals surface area contributed by atoms with Gasteiger partial charge in [-0.1, -0.05) is 31.2 Å². The van der Waals surface area contributed by atoms with Gasteiger partial charge in [0.2, 0.25) is 15.0 Å². The lowest BCUT2D eigenvalue weighted by Crippen LogP contribution is -2.43. The van der Waals surface area contributed by atoms with E-state index < -0.39 is 49.8 Å². The zero-order chi connectivity index (χ0) is 38.8. The first-order valence-corrected chi connectivity index (χ1v) is 19.0. The van der Waals surface area contributed by atoms with Crippen molar-refractivity contribution in [2.75, 3.05) is 56.1 Å². The number of nitrogens with zero attached hydrogens (tertiary/aromatic N) is 4. The fourth-order valence-electron chi connectivity index (χ4n) is 6.65. The first kappa shape index (κ1) is 39.2. The van der Waals surface area contributed by atoms with E-state index in [9.17, 15) is 26.7 Å². The predicted molar refractivity (Wildman–Crippen MR) is 192 cm³/mol. The predicted octanol–water partition coefficient (Wildman–Crippen LogP) is 6.05. The second kappa shape index (κ2) is 15.7. The lowest BCUT2D eigenvalue weighted by molar-refractivity contribution is -0.140. The maximum absolute atomic E-state index is 17.1. The molecule has 0 bridgehead atoms. The highest BCUT2D eigenvalue weighted by atomic mass is 32.2. The molecule has 1 fully saturated rings. The Morgan fingerprint density at radius 2 is 1.59 bits per heavy atom. The molecule has 0 radical (unpaired) electrons. The number of hydrogen-bond donors (Lipinski definition) is 1. The number of methoxy groups -OCH3 is 2. The van der Waals surface area contributed by atoms with Gasteiger partial charge >= 0.3 is 6.18 Å². The van der Waals surface area contributed by atoms with Crippen LogP contribution in [-0.4, -0.2) is 75.4 Å². The van der Waals surface area contributed by atoms with Crippen LogP contribution in [-0.2, 0) is 51.6 Å². The largest absolute Gasteiger partial charge is 0.497 e. The molecule has 0 aliphatic carbocycles. The fourth-order valence-corrected chi connectivity index (χ4v) is 7.38. The molecule has 0 saturated carbocycles. The Bertz CT molecular complexity index is 2010. The number of aliphatic hydroxyl groups is 1. The minimum atomic E-state index is -4.96. The molecule has 54 heavy (non-hydrogen) atoms. The number of halogens is 4. The highest BCUT2D eigenvalue weighted by Gasteiger charge is 2.41. The molecule has 2 unspecified atom stereocenters. The molecule has 2 atom stereocenters. The second-order valence-corrected chi connectivity index (χ2v) is 15.7. The Hall–Kier alpha value is -4.51. The average Bonchev–Trinajstić information content (AvgIpc) is 3.33. The number of hydrogen-bond acceptors (Lipinski definition) is 11. The van der Waals surface area contributed by atoms with Crippen molar-refractivity contribution in [2.24, 2.45) is 0 Å². The fraction of sp³-hybridized carbons (Fsp3) is 0.421. The van der Waals surface area contributed by atoms with Crippen LogP contribution in [0, 0.1) is 5.82 Å². The lowest BCUT2D eigenvalue weighted by atomic mass is 9.93. The highest BCUT2D eigenvalue weighted by Crippen LogP contribution is 2.44. The molecule has 1 saturated heterocycles. The summed E-state index contributed by atoms with van der Waals surface area (Å²) >= 11 is 0. The summed E-state index contributed by atoms with van der Waals surface area (Å²) in [4.78, 5) is 12.0. The van der Waals surface area contributed by atoms with Gasteiger partial charge < -0.3 is 33.9 Å². The maximum Gasteiger partial charge on any atom is 0.416 e. The Labute approximate surface area is 311 Å². The quantitative estimate of drug-likeness (QED) is 0.142. The Balaban J connectivity index is 1.45. The number of aromatic nitrogens is 2. The molecule has 1 aromatic heterocycles. The van der Waals surface area contributed by atoms with Crippen LogP contribution in [0.2, 0.25) is 0 Å². The lowest BCUT2D eigenvalue weighted by Gasteiger charge is -2.34. The van der Waals surface area contributed by atoms with Gasteiger partial charge in [0.05, 0.1) is 69.4 Å². The standard InChI is InChI=1S/C38H42F4N4O7S/c1-5-54(48,49)36-43-30-18-32(53-21-28(30)35(44-36)45-16-17-52-23-37(2,47)22-45)33-29(38(40,41)42)14-15-31(34(33)39)46(19-24-6-10-26(50-3)11-7-24)20-25-8-12-27(51-4)13-9-25/h6-15,32,47H,5,16-23H2,1-4H3. The van der Waals surface area contributed by atoms with Crippen LogP contribution in [0.1, 0.15) is 53.5 Å². The summed E-state index contributed by atoms with van der Waals surface area (Å²) in [7, 11) is -0.942. The molecular formula is C38H42F4N4O7S. The van der Waals surface area contributed by atoms with Crippen molar-refractivity contribution in [3.63, 3.8) is 0 Å². The molecule has 3 aromatic carbocycles.